The van der Waals surface area contributed by atoms with Gasteiger partial charge in [-0.1, -0.05) is 37.3 Å². The van der Waals surface area contributed by atoms with E-state index in [-0.39, 0.29) is 6.04 Å². The summed E-state index contributed by atoms with van der Waals surface area (Å²) in [5.41, 5.74) is 2.37. The number of likely N-dealkylation sites (N-methyl/N-ethyl adjacent to an activating group) is 1. The van der Waals surface area contributed by atoms with Crippen LogP contribution in [-0.2, 0) is 6.61 Å². The number of fused-ring (bicyclic) bond motifs is 1. The zero-order chi connectivity index (χ0) is 13.8. The Bertz CT molecular complexity index is 566. The fourth-order valence-electron chi connectivity index (χ4n) is 2.44. The zero-order valence-electron chi connectivity index (χ0n) is 11.6. The van der Waals surface area contributed by atoms with E-state index in [1.807, 2.05) is 30.3 Å². The van der Waals surface area contributed by atoms with E-state index in [2.05, 4.69) is 30.4 Å². The molecule has 3 nitrogen and oxygen atoms in total. The Morgan fingerprint density at radius 2 is 2.05 bits per heavy atom. The van der Waals surface area contributed by atoms with Gasteiger partial charge >= 0.3 is 0 Å². The summed E-state index contributed by atoms with van der Waals surface area (Å²) < 4.78 is 11.5. The molecule has 1 aliphatic rings. The van der Waals surface area contributed by atoms with Crippen LogP contribution < -0.4 is 14.8 Å². The first-order valence-electron chi connectivity index (χ1n) is 7.03. The third-order valence-corrected chi connectivity index (χ3v) is 3.46. The van der Waals surface area contributed by atoms with Gasteiger partial charge in [0.1, 0.15) is 24.7 Å². The van der Waals surface area contributed by atoms with Crippen LogP contribution in [0.3, 0.4) is 0 Å². The van der Waals surface area contributed by atoms with E-state index in [9.17, 15) is 0 Å². The van der Waals surface area contributed by atoms with Crippen molar-refractivity contribution in [3.8, 4) is 11.5 Å². The molecule has 2 aromatic carbocycles. The van der Waals surface area contributed by atoms with Gasteiger partial charge in [0.05, 0.1) is 6.04 Å². The van der Waals surface area contributed by atoms with Crippen LogP contribution in [0.4, 0.5) is 0 Å². The molecule has 0 amide bonds. The number of ether oxygens (including phenoxy) is 2. The summed E-state index contributed by atoms with van der Waals surface area (Å²) in [5.74, 6) is 1.85. The van der Waals surface area contributed by atoms with E-state index >= 15 is 0 Å². The third kappa shape index (κ3) is 2.78. The highest BCUT2D eigenvalue weighted by Crippen LogP contribution is 2.35. The van der Waals surface area contributed by atoms with Crippen LogP contribution in [0.5, 0.6) is 11.5 Å². The minimum atomic E-state index is 0.273. The number of nitrogens with one attached hydrogen (secondary N) is 1. The smallest absolute Gasteiger partial charge is 0.124 e. The molecule has 2 aromatic rings. The van der Waals surface area contributed by atoms with Crippen molar-refractivity contribution in [2.75, 3.05) is 13.2 Å². The maximum atomic E-state index is 5.86. The second kappa shape index (κ2) is 5.97. The van der Waals surface area contributed by atoms with Crippen molar-refractivity contribution in [1.29, 1.82) is 0 Å². The number of rotatable bonds is 5. The lowest BCUT2D eigenvalue weighted by atomic mass is 10.1. The molecule has 1 unspecified atom stereocenters. The van der Waals surface area contributed by atoms with Crippen LogP contribution >= 0.6 is 0 Å². The third-order valence-electron chi connectivity index (χ3n) is 3.46. The Kier molecular flexibility index (Phi) is 3.88. The summed E-state index contributed by atoms with van der Waals surface area (Å²) in [5, 5.41) is 3.42. The van der Waals surface area contributed by atoms with E-state index < -0.39 is 0 Å². The van der Waals surface area contributed by atoms with Gasteiger partial charge < -0.3 is 14.8 Å². The van der Waals surface area contributed by atoms with Crippen molar-refractivity contribution in [2.45, 2.75) is 19.6 Å². The molecule has 1 atom stereocenters. The van der Waals surface area contributed by atoms with Gasteiger partial charge in [-0.25, -0.2) is 0 Å². The molecule has 0 saturated heterocycles. The molecule has 0 radical (unpaired) electrons. The monoisotopic (exact) mass is 269 g/mol. The number of benzene rings is 2. The van der Waals surface area contributed by atoms with Crippen molar-refractivity contribution in [1.82, 2.24) is 5.32 Å². The fourth-order valence-corrected chi connectivity index (χ4v) is 2.44. The second-order valence-corrected chi connectivity index (χ2v) is 4.90. The molecule has 3 heteroatoms. The fraction of sp³-hybridized carbons (Fsp3) is 0.294. The van der Waals surface area contributed by atoms with Crippen LogP contribution in [0.1, 0.15) is 24.1 Å². The van der Waals surface area contributed by atoms with E-state index in [1.54, 1.807) is 0 Å². The standard InChI is InChI=1S/C17H19NO2/c1-2-18-16-12-20-17-9-8-14(10-15(16)17)19-11-13-6-4-3-5-7-13/h3-10,16,18H,2,11-12H2,1H3. The normalized spacial score (nSPS) is 16.6. The quantitative estimate of drug-likeness (QED) is 0.903. The van der Waals surface area contributed by atoms with Crippen molar-refractivity contribution in [3.05, 3.63) is 59.7 Å². The Morgan fingerprint density at radius 1 is 1.20 bits per heavy atom. The molecule has 0 saturated carbocycles. The minimum Gasteiger partial charge on any atom is -0.491 e. The van der Waals surface area contributed by atoms with Crippen molar-refractivity contribution < 1.29 is 9.47 Å². The number of hydrogen-bond acceptors (Lipinski definition) is 3. The summed E-state index contributed by atoms with van der Waals surface area (Å²) in [6.45, 7) is 4.33. The lowest BCUT2D eigenvalue weighted by molar-refractivity contribution is 0.305. The van der Waals surface area contributed by atoms with Crippen molar-refractivity contribution in [3.63, 3.8) is 0 Å². The average molecular weight is 269 g/mol. The Labute approximate surface area is 119 Å². The van der Waals surface area contributed by atoms with Gasteiger partial charge in [0.25, 0.3) is 0 Å². The molecule has 20 heavy (non-hydrogen) atoms. The molecule has 0 spiro atoms. The lowest BCUT2D eigenvalue weighted by Crippen LogP contribution is -2.21. The van der Waals surface area contributed by atoms with Crippen LogP contribution in [-0.4, -0.2) is 13.2 Å². The van der Waals surface area contributed by atoms with Crippen molar-refractivity contribution in [2.24, 2.45) is 0 Å². The predicted octanol–water partition coefficient (Wildman–Crippen LogP) is 3.31. The first-order valence-corrected chi connectivity index (χ1v) is 7.03. The van der Waals surface area contributed by atoms with Gasteiger partial charge in [-0.2, -0.15) is 0 Å². The minimum absolute atomic E-state index is 0.273. The molecular formula is C17H19NO2. The van der Waals surface area contributed by atoms with Gasteiger partial charge in [0.15, 0.2) is 0 Å². The first kappa shape index (κ1) is 13.0. The summed E-state index contributed by atoms with van der Waals surface area (Å²) >= 11 is 0. The number of hydrogen-bond donors (Lipinski definition) is 1. The average Bonchev–Trinajstić information content (AvgIpc) is 2.89. The molecule has 1 aliphatic heterocycles. The molecule has 1 heterocycles. The lowest BCUT2D eigenvalue weighted by Gasteiger charge is -2.11. The molecule has 0 fully saturated rings. The van der Waals surface area contributed by atoms with E-state index in [1.165, 1.54) is 11.1 Å². The van der Waals surface area contributed by atoms with Gasteiger partial charge in [-0.15, -0.1) is 0 Å². The Morgan fingerprint density at radius 3 is 2.85 bits per heavy atom. The SMILES string of the molecule is CCNC1COc2ccc(OCc3ccccc3)cc21. The summed E-state index contributed by atoms with van der Waals surface area (Å²) in [6.07, 6.45) is 0. The summed E-state index contributed by atoms with van der Waals surface area (Å²) in [4.78, 5) is 0. The maximum absolute atomic E-state index is 5.86. The van der Waals surface area contributed by atoms with E-state index in [4.69, 9.17) is 9.47 Å². The van der Waals surface area contributed by atoms with E-state index in [0.29, 0.717) is 13.2 Å². The topological polar surface area (TPSA) is 30.5 Å². The molecule has 3 rings (SSSR count). The molecule has 0 aliphatic carbocycles. The highest BCUT2D eigenvalue weighted by molar-refractivity contribution is 5.44. The Balaban J connectivity index is 1.71. The molecular weight excluding hydrogens is 250 g/mol. The Hall–Kier alpha value is -2.00. The van der Waals surface area contributed by atoms with E-state index in [0.717, 1.165) is 18.0 Å². The highest BCUT2D eigenvalue weighted by atomic mass is 16.5. The summed E-state index contributed by atoms with van der Waals surface area (Å²) in [6, 6.07) is 16.5. The molecule has 0 bridgehead atoms. The van der Waals surface area contributed by atoms with Crippen molar-refractivity contribution >= 4 is 0 Å². The second-order valence-electron chi connectivity index (χ2n) is 4.90. The summed E-state index contributed by atoms with van der Waals surface area (Å²) in [7, 11) is 0. The first-order chi connectivity index (χ1) is 9.86. The predicted molar refractivity (Wildman–Crippen MR) is 79.1 cm³/mol. The van der Waals surface area contributed by atoms with Gasteiger partial charge in [-0.3, -0.25) is 0 Å². The largest absolute Gasteiger partial charge is 0.491 e. The highest BCUT2D eigenvalue weighted by Gasteiger charge is 2.23. The van der Waals surface area contributed by atoms with Gasteiger partial charge in [0, 0.05) is 5.56 Å². The van der Waals surface area contributed by atoms with Crippen LogP contribution in [0.15, 0.2) is 48.5 Å². The molecule has 0 aromatic heterocycles. The van der Waals surface area contributed by atoms with Crippen LogP contribution in [0.25, 0.3) is 0 Å². The van der Waals surface area contributed by atoms with Gasteiger partial charge in [0.2, 0.25) is 0 Å². The maximum Gasteiger partial charge on any atom is 0.124 e. The zero-order valence-corrected chi connectivity index (χ0v) is 11.6. The molecule has 104 valence electrons. The molecule has 1 N–H and O–H groups in total. The van der Waals surface area contributed by atoms with Crippen LogP contribution in [0.2, 0.25) is 0 Å². The van der Waals surface area contributed by atoms with Crippen LogP contribution in [0, 0.1) is 0 Å². The van der Waals surface area contributed by atoms with Gasteiger partial charge in [-0.05, 0) is 30.3 Å².